The Balaban J connectivity index is 2.76. The number of nitrogens with one attached hydrogen (secondary N) is 1. The summed E-state index contributed by atoms with van der Waals surface area (Å²) < 4.78 is 0. The van der Waals surface area contributed by atoms with Crippen LogP contribution in [0, 0.1) is 16.7 Å². The van der Waals surface area contributed by atoms with E-state index in [0.717, 1.165) is 6.54 Å². The molecule has 80 valence electrons. The van der Waals surface area contributed by atoms with E-state index >= 15 is 0 Å². The van der Waals surface area contributed by atoms with Gasteiger partial charge in [-0.25, -0.2) is 4.98 Å². The molecule has 0 aromatic carbocycles. The molecule has 1 heterocycles. The number of nitrogens with zero attached hydrogens (tertiary/aromatic N) is 2. The topological polar surface area (TPSA) is 74.7 Å². The molecule has 0 bridgehead atoms. The molecule has 0 unspecified atom stereocenters. The van der Waals surface area contributed by atoms with Crippen LogP contribution >= 0.6 is 0 Å². The lowest BCUT2D eigenvalue weighted by molar-refractivity contribution is 0.442. The van der Waals surface area contributed by atoms with Crippen LogP contribution in [0.4, 0.5) is 11.5 Å². The number of hydrogen-bond donors (Lipinski definition) is 2. The molecule has 1 aromatic rings. The lowest BCUT2D eigenvalue weighted by Crippen LogP contribution is -2.19. The molecule has 0 spiro atoms. The zero-order valence-corrected chi connectivity index (χ0v) is 9.33. The third kappa shape index (κ3) is 3.47. The highest BCUT2D eigenvalue weighted by atomic mass is 15.0. The maximum absolute atomic E-state index is 8.75. The van der Waals surface area contributed by atoms with Gasteiger partial charge in [-0.2, -0.15) is 5.26 Å². The molecule has 3 N–H and O–H groups in total. The summed E-state index contributed by atoms with van der Waals surface area (Å²) in [6.45, 7) is 7.18. The van der Waals surface area contributed by atoms with E-state index in [1.807, 2.05) is 6.07 Å². The fourth-order valence-corrected chi connectivity index (χ4v) is 1.01. The minimum absolute atomic E-state index is 0.176. The van der Waals surface area contributed by atoms with Crippen molar-refractivity contribution in [3.8, 4) is 6.07 Å². The summed E-state index contributed by atoms with van der Waals surface area (Å²) in [5, 5.41) is 11.9. The molecule has 0 amide bonds. The van der Waals surface area contributed by atoms with Crippen LogP contribution in [0.1, 0.15) is 26.5 Å². The van der Waals surface area contributed by atoms with Gasteiger partial charge in [0.15, 0.2) is 5.69 Å². The van der Waals surface area contributed by atoms with Crippen molar-refractivity contribution in [2.75, 3.05) is 17.6 Å². The molecule has 1 rings (SSSR count). The average Bonchev–Trinajstić information content (AvgIpc) is 2.15. The van der Waals surface area contributed by atoms with Crippen LogP contribution in [-0.2, 0) is 0 Å². The van der Waals surface area contributed by atoms with E-state index in [0.29, 0.717) is 11.5 Å². The van der Waals surface area contributed by atoms with Gasteiger partial charge < -0.3 is 11.1 Å². The van der Waals surface area contributed by atoms with Crippen LogP contribution in [0.2, 0.25) is 0 Å². The number of rotatable bonds is 2. The number of nitrogens with two attached hydrogens (primary N) is 1. The summed E-state index contributed by atoms with van der Waals surface area (Å²) >= 11 is 0. The second-order valence-electron chi connectivity index (χ2n) is 4.66. The van der Waals surface area contributed by atoms with Gasteiger partial charge in [-0.3, -0.25) is 0 Å². The number of nitrogen functional groups attached to an aromatic ring is 1. The second kappa shape index (κ2) is 4.18. The SMILES string of the molecule is CC(C)(C)CNc1ccc(N)c(C#N)n1. The van der Waals surface area contributed by atoms with Crippen LogP contribution in [0.25, 0.3) is 0 Å². The first-order valence-electron chi connectivity index (χ1n) is 4.83. The first-order valence-corrected chi connectivity index (χ1v) is 4.83. The van der Waals surface area contributed by atoms with Crippen molar-refractivity contribution >= 4 is 11.5 Å². The van der Waals surface area contributed by atoms with Gasteiger partial charge in [-0.05, 0) is 17.5 Å². The Kier molecular flexibility index (Phi) is 3.15. The molecule has 0 aliphatic heterocycles. The molecule has 0 aliphatic rings. The number of pyridine rings is 1. The van der Waals surface area contributed by atoms with Crippen LogP contribution in [-0.4, -0.2) is 11.5 Å². The van der Waals surface area contributed by atoms with Crippen molar-refractivity contribution < 1.29 is 0 Å². The quantitative estimate of drug-likeness (QED) is 0.772. The van der Waals surface area contributed by atoms with Crippen molar-refractivity contribution in [3.63, 3.8) is 0 Å². The van der Waals surface area contributed by atoms with Crippen molar-refractivity contribution in [2.24, 2.45) is 5.41 Å². The van der Waals surface area contributed by atoms with Gasteiger partial charge in [0, 0.05) is 6.54 Å². The first kappa shape index (κ1) is 11.3. The smallest absolute Gasteiger partial charge is 0.165 e. The molecule has 0 radical (unpaired) electrons. The lowest BCUT2D eigenvalue weighted by Gasteiger charge is -2.19. The van der Waals surface area contributed by atoms with Crippen molar-refractivity contribution in [1.29, 1.82) is 5.26 Å². The van der Waals surface area contributed by atoms with Gasteiger partial charge in [0.25, 0.3) is 0 Å². The molecule has 0 fully saturated rings. The van der Waals surface area contributed by atoms with E-state index in [2.05, 4.69) is 31.1 Å². The van der Waals surface area contributed by atoms with E-state index in [1.165, 1.54) is 0 Å². The van der Waals surface area contributed by atoms with Gasteiger partial charge in [-0.1, -0.05) is 20.8 Å². The number of hydrogen-bond acceptors (Lipinski definition) is 4. The lowest BCUT2D eigenvalue weighted by atomic mass is 9.97. The predicted octanol–water partition coefficient (Wildman–Crippen LogP) is 1.99. The van der Waals surface area contributed by atoms with Gasteiger partial charge in [0.05, 0.1) is 5.69 Å². The Morgan fingerprint density at radius 3 is 2.67 bits per heavy atom. The third-order valence-electron chi connectivity index (χ3n) is 1.83. The minimum atomic E-state index is 0.176. The van der Waals surface area contributed by atoms with Gasteiger partial charge in [-0.15, -0.1) is 0 Å². The number of anilines is 2. The monoisotopic (exact) mass is 204 g/mol. The largest absolute Gasteiger partial charge is 0.396 e. The number of aromatic nitrogens is 1. The molecule has 0 saturated heterocycles. The van der Waals surface area contributed by atoms with E-state index in [1.54, 1.807) is 12.1 Å². The fraction of sp³-hybridized carbons (Fsp3) is 0.455. The Bertz CT molecular complexity index is 385. The van der Waals surface area contributed by atoms with Crippen molar-refractivity contribution in [1.82, 2.24) is 4.98 Å². The van der Waals surface area contributed by atoms with Crippen LogP contribution in [0.3, 0.4) is 0 Å². The highest BCUT2D eigenvalue weighted by Crippen LogP contribution is 2.16. The van der Waals surface area contributed by atoms with E-state index < -0.39 is 0 Å². The second-order valence-corrected chi connectivity index (χ2v) is 4.66. The van der Waals surface area contributed by atoms with E-state index in [4.69, 9.17) is 11.0 Å². The minimum Gasteiger partial charge on any atom is -0.396 e. The Labute approximate surface area is 90.1 Å². The summed E-state index contributed by atoms with van der Waals surface area (Å²) in [5.74, 6) is 0.690. The summed E-state index contributed by atoms with van der Waals surface area (Å²) in [5.41, 5.74) is 6.43. The molecule has 0 aliphatic carbocycles. The van der Waals surface area contributed by atoms with Crippen molar-refractivity contribution in [2.45, 2.75) is 20.8 Å². The average molecular weight is 204 g/mol. The van der Waals surface area contributed by atoms with Crippen LogP contribution in [0.15, 0.2) is 12.1 Å². The number of nitriles is 1. The maximum atomic E-state index is 8.75. The van der Waals surface area contributed by atoms with Crippen LogP contribution in [0.5, 0.6) is 0 Å². The first-order chi connectivity index (χ1) is 6.92. The standard InChI is InChI=1S/C11H16N4/c1-11(2,3)7-14-10-5-4-8(13)9(6-12)15-10/h4-5H,7,13H2,1-3H3,(H,14,15). The zero-order chi connectivity index (χ0) is 11.5. The molecule has 1 aromatic heterocycles. The molecule has 4 nitrogen and oxygen atoms in total. The Morgan fingerprint density at radius 2 is 2.13 bits per heavy atom. The Morgan fingerprint density at radius 1 is 1.47 bits per heavy atom. The van der Waals surface area contributed by atoms with Crippen LogP contribution < -0.4 is 11.1 Å². The highest BCUT2D eigenvalue weighted by molar-refractivity contribution is 5.54. The fourth-order valence-electron chi connectivity index (χ4n) is 1.01. The van der Waals surface area contributed by atoms with E-state index in [9.17, 15) is 0 Å². The molecule has 0 atom stereocenters. The molecular formula is C11H16N4. The summed E-state index contributed by atoms with van der Waals surface area (Å²) in [4.78, 5) is 4.10. The molecular weight excluding hydrogens is 188 g/mol. The van der Waals surface area contributed by atoms with Gasteiger partial charge >= 0.3 is 0 Å². The molecule has 4 heteroatoms. The third-order valence-corrected chi connectivity index (χ3v) is 1.83. The summed E-state index contributed by atoms with van der Waals surface area (Å²) in [7, 11) is 0. The molecule has 15 heavy (non-hydrogen) atoms. The normalized spacial score (nSPS) is 10.8. The predicted molar refractivity (Wildman–Crippen MR) is 61.3 cm³/mol. The Hall–Kier alpha value is -1.76. The maximum Gasteiger partial charge on any atom is 0.165 e. The highest BCUT2D eigenvalue weighted by Gasteiger charge is 2.10. The van der Waals surface area contributed by atoms with Crippen molar-refractivity contribution in [3.05, 3.63) is 17.8 Å². The van der Waals surface area contributed by atoms with E-state index in [-0.39, 0.29) is 11.1 Å². The van der Waals surface area contributed by atoms with Gasteiger partial charge in [0.1, 0.15) is 11.9 Å². The van der Waals surface area contributed by atoms with Gasteiger partial charge in [0.2, 0.25) is 0 Å². The zero-order valence-electron chi connectivity index (χ0n) is 9.33. The molecule has 0 saturated carbocycles. The summed E-state index contributed by atoms with van der Waals surface area (Å²) in [6.07, 6.45) is 0. The summed E-state index contributed by atoms with van der Waals surface area (Å²) in [6, 6.07) is 5.43.